The van der Waals surface area contributed by atoms with Gasteiger partial charge in [0, 0.05) is 5.75 Å². The SMILES string of the molecule is C.N[C@@H](CS)C(=O)[O-].[Hg+]. The van der Waals surface area contributed by atoms with Crippen LogP contribution in [0, 0.1) is 0 Å². The van der Waals surface area contributed by atoms with Crippen molar-refractivity contribution in [1.29, 1.82) is 0 Å². The zero-order valence-electron chi connectivity index (χ0n) is 4.33. The van der Waals surface area contributed by atoms with Crippen LogP contribution in [-0.2, 0) is 32.5 Å². The van der Waals surface area contributed by atoms with Crippen LogP contribution < -0.4 is 10.8 Å². The third-order valence-electron chi connectivity index (χ3n) is 0.499. The minimum atomic E-state index is -1.25. The molecule has 0 saturated heterocycles. The van der Waals surface area contributed by atoms with Gasteiger partial charge in [-0.25, -0.2) is 0 Å². The number of carbonyl (C=O) groups excluding carboxylic acids is 1. The molecule has 0 amide bonds. The van der Waals surface area contributed by atoms with E-state index in [-0.39, 0.29) is 40.8 Å². The number of thiol groups is 1. The molecule has 0 aromatic heterocycles. The standard InChI is InChI=1S/C3H7NO2S.CH4.Hg/c4-2(1-7)3(5)6;;/h2,7H,1,4H2,(H,5,6);1H4;/q;;+1/p-1/t2-;;/m0../s1. The molecule has 0 fully saturated rings. The second-order valence-electron chi connectivity index (χ2n) is 1.11. The second-order valence-corrected chi connectivity index (χ2v) is 1.47. The summed E-state index contributed by atoms with van der Waals surface area (Å²) in [6.07, 6.45) is 0. The van der Waals surface area contributed by atoms with Crippen LogP contribution in [0.2, 0.25) is 0 Å². The Bertz CT molecular complexity index is 81.0. The third kappa shape index (κ3) is 8.72. The van der Waals surface area contributed by atoms with Gasteiger partial charge >= 0.3 is 27.7 Å². The van der Waals surface area contributed by atoms with Crippen molar-refractivity contribution in [1.82, 2.24) is 0 Å². The Kier molecular flexibility index (Phi) is 15.8. The predicted molar refractivity (Wildman–Crippen MR) is 33.6 cm³/mol. The fourth-order valence-electron chi connectivity index (χ4n) is 0.0745. The first kappa shape index (κ1) is 16.4. The van der Waals surface area contributed by atoms with Gasteiger partial charge < -0.3 is 15.6 Å². The summed E-state index contributed by atoms with van der Waals surface area (Å²) < 4.78 is 0. The molecule has 1 atom stereocenters. The van der Waals surface area contributed by atoms with Gasteiger partial charge in [0.25, 0.3) is 0 Å². The molecule has 0 unspecified atom stereocenters. The normalized spacial score (nSPS) is 10.4. The average Bonchev–Trinajstić information content (AvgIpc) is 1.65. The summed E-state index contributed by atoms with van der Waals surface area (Å²) >= 11 is 3.61. The minimum Gasteiger partial charge on any atom is -0.548 e. The van der Waals surface area contributed by atoms with E-state index in [1.165, 1.54) is 0 Å². The maximum atomic E-state index is 9.65. The molecule has 1 radical (unpaired) electrons. The summed E-state index contributed by atoms with van der Waals surface area (Å²) in [7, 11) is 0. The van der Waals surface area contributed by atoms with Gasteiger partial charge in [-0.05, 0) is 0 Å². The van der Waals surface area contributed by atoms with E-state index in [0.29, 0.717) is 0 Å². The predicted octanol–water partition coefficient (Wildman–Crippen LogP) is -1.37. The summed E-state index contributed by atoms with van der Waals surface area (Å²) in [6.45, 7) is 0. The summed E-state index contributed by atoms with van der Waals surface area (Å²) in [4.78, 5) is 9.65. The Morgan fingerprint density at radius 3 is 2.11 bits per heavy atom. The smallest absolute Gasteiger partial charge is 0.548 e. The number of carboxylic acid groups (broad SMARTS) is 1. The van der Waals surface area contributed by atoms with E-state index in [9.17, 15) is 9.90 Å². The van der Waals surface area contributed by atoms with E-state index < -0.39 is 12.0 Å². The van der Waals surface area contributed by atoms with Crippen molar-refractivity contribution in [2.45, 2.75) is 13.5 Å². The molecule has 0 saturated carbocycles. The number of carboxylic acids is 1. The van der Waals surface area contributed by atoms with E-state index in [0.717, 1.165) is 0 Å². The van der Waals surface area contributed by atoms with Crippen LogP contribution in [0.15, 0.2) is 0 Å². The number of carbonyl (C=O) groups is 1. The van der Waals surface area contributed by atoms with Crippen molar-refractivity contribution in [2.24, 2.45) is 5.73 Å². The van der Waals surface area contributed by atoms with E-state index in [1.54, 1.807) is 0 Å². The zero-order valence-corrected chi connectivity index (χ0v) is 10.7. The van der Waals surface area contributed by atoms with Crippen LogP contribution in [-0.4, -0.2) is 17.8 Å². The molecule has 0 aliphatic heterocycles. The first-order valence-electron chi connectivity index (χ1n) is 1.75. The summed E-state index contributed by atoms with van der Waals surface area (Å²) in [5.41, 5.74) is 4.88. The molecule has 0 rings (SSSR count). The average molecular weight is 337 g/mol. The molecule has 9 heavy (non-hydrogen) atoms. The first-order chi connectivity index (χ1) is 3.18. The van der Waals surface area contributed by atoms with Crippen LogP contribution in [0.5, 0.6) is 0 Å². The molecule has 0 spiro atoms. The molecule has 51 valence electrons. The largest absolute Gasteiger partial charge is 1.00 e. The molecular formula is C4H10HgNO2S. The molecule has 0 aliphatic rings. The fraction of sp³-hybridized carbons (Fsp3) is 0.750. The van der Waals surface area contributed by atoms with Crippen LogP contribution in [0.1, 0.15) is 7.43 Å². The number of rotatable bonds is 2. The van der Waals surface area contributed by atoms with Crippen molar-refractivity contribution in [2.75, 3.05) is 5.75 Å². The quantitative estimate of drug-likeness (QED) is 0.483. The summed E-state index contributed by atoms with van der Waals surface area (Å²) in [5, 5.41) is 9.65. The van der Waals surface area contributed by atoms with E-state index >= 15 is 0 Å². The number of hydrogen-bond acceptors (Lipinski definition) is 4. The first-order valence-corrected chi connectivity index (χ1v) is 2.39. The molecule has 3 nitrogen and oxygen atoms in total. The Hall–Kier alpha value is 0.715. The zero-order chi connectivity index (χ0) is 5.86. The Labute approximate surface area is 80.9 Å². The Balaban J connectivity index is -0.000000180. The summed E-state index contributed by atoms with van der Waals surface area (Å²) in [6, 6.07) is -0.927. The third-order valence-corrected chi connectivity index (χ3v) is 0.893. The van der Waals surface area contributed by atoms with Crippen molar-refractivity contribution >= 4 is 18.6 Å². The van der Waals surface area contributed by atoms with E-state index in [1.807, 2.05) is 0 Å². The van der Waals surface area contributed by atoms with Crippen molar-refractivity contribution in [3.05, 3.63) is 0 Å². The molecule has 0 heterocycles. The van der Waals surface area contributed by atoms with Gasteiger partial charge in [-0.2, -0.15) is 12.6 Å². The fourth-order valence-corrected chi connectivity index (χ4v) is 0.224. The van der Waals surface area contributed by atoms with Crippen LogP contribution >= 0.6 is 12.6 Å². The van der Waals surface area contributed by atoms with Gasteiger partial charge in [0.1, 0.15) is 0 Å². The van der Waals surface area contributed by atoms with Crippen LogP contribution in [0.3, 0.4) is 0 Å². The number of hydrogen-bond donors (Lipinski definition) is 2. The van der Waals surface area contributed by atoms with Gasteiger partial charge in [-0.3, -0.25) is 0 Å². The molecule has 0 aromatic carbocycles. The van der Waals surface area contributed by atoms with E-state index in [4.69, 9.17) is 5.73 Å². The Morgan fingerprint density at radius 2 is 2.11 bits per heavy atom. The van der Waals surface area contributed by atoms with Gasteiger partial charge in [0.05, 0.1) is 12.0 Å². The van der Waals surface area contributed by atoms with Crippen molar-refractivity contribution in [3.63, 3.8) is 0 Å². The monoisotopic (exact) mass is 338 g/mol. The summed E-state index contributed by atoms with van der Waals surface area (Å²) in [5.74, 6) is -1.13. The van der Waals surface area contributed by atoms with Crippen molar-refractivity contribution in [3.8, 4) is 0 Å². The second kappa shape index (κ2) is 8.72. The van der Waals surface area contributed by atoms with Crippen LogP contribution in [0.4, 0.5) is 0 Å². The van der Waals surface area contributed by atoms with Gasteiger partial charge in [0.2, 0.25) is 0 Å². The minimum absolute atomic E-state index is 0. The maximum absolute atomic E-state index is 9.65. The molecule has 0 aliphatic carbocycles. The molecule has 2 N–H and O–H groups in total. The number of aliphatic carboxylic acids is 1. The number of nitrogens with two attached hydrogens (primary N) is 1. The molecular weight excluding hydrogens is 327 g/mol. The Morgan fingerprint density at radius 1 is 1.78 bits per heavy atom. The van der Waals surface area contributed by atoms with Gasteiger partial charge in [0.15, 0.2) is 0 Å². The van der Waals surface area contributed by atoms with Crippen LogP contribution in [0.25, 0.3) is 0 Å². The topological polar surface area (TPSA) is 66.2 Å². The maximum Gasteiger partial charge on any atom is 1.00 e. The molecule has 0 aromatic rings. The van der Waals surface area contributed by atoms with Crippen molar-refractivity contribution < 1.29 is 37.6 Å². The van der Waals surface area contributed by atoms with Gasteiger partial charge in [-0.1, -0.05) is 7.43 Å². The van der Waals surface area contributed by atoms with Gasteiger partial charge in [-0.15, -0.1) is 0 Å². The van der Waals surface area contributed by atoms with E-state index in [2.05, 4.69) is 12.6 Å². The molecule has 5 heteroatoms. The molecule has 0 bridgehead atoms.